The molecule has 0 aliphatic carbocycles. The summed E-state index contributed by atoms with van der Waals surface area (Å²) < 4.78 is 0. The molecule has 0 saturated carbocycles. The first-order valence-electron chi connectivity index (χ1n) is 3.02. The molecule has 0 fully saturated rings. The minimum Gasteiger partial charge on any atom is -0.652 e. The minimum atomic E-state index is -2.33. The average molecular weight is 216 g/mol. The number of hydrogen-bond acceptors (Lipinski definition) is 3. The van der Waals surface area contributed by atoms with Gasteiger partial charge in [-0.05, 0) is 13.1 Å². The fourth-order valence-corrected chi connectivity index (χ4v) is 0.534. The summed E-state index contributed by atoms with van der Waals surface area (Å²) in [5.41, 5.74) is 1.32. The monoisotopic (exact) mass is 215 g/mol. The van der Waals surface area contributed by atoms with Crippen LogP contribution in [0.1, 0.15) is 5.56 Å². The van der Waals surface area contributed by atoms with Gasteiger partial charge in [0.2, 0.25) is 0 Å². The molecule has 0 bridgehead atoms. The Morgan fingerprint density at radius 3 is 1.67 bits per heavy atom. The summed E-state index contributed by atoms with van der Waals surface area (Å²) in [6.07, 6.45) is -2.33. The molecule has 1 radical (unpaired) electrons. The van der Waals surface area contributed by atoms with Gasteiger partial charge in [-0.25, -0.2) is 0 Å². The number of carbonyl (C=O) groups excluding carboxylic acids is 1. The molecule has 3 nitrogen and oxygen atoms in total. The molecule has 0 saturated heterocycles. The molecule has 1 aromatic carbocycles. The van der Waals surface area contributed by atoms with Crippen LogP contribution in [0.4, 0.5) is 4.79 Å². The van der Waals surface area contributed by atoms with Gasteiger partial charge in [0.1, 0.15) is 0 Å². The third-order valence-electron chi connectivity index (χ3n) is 0.940. The maximum absolute atomic E-state index is 8.33. The van der Waals surface area contributed by atoms with Gasteiger partial charge in [0, 0.05) is 0 Å². The summed E-state index contributed by atoms with van der Waals surface area (Å²) in [5.74, 6) is 0. The molecular formula is C8H8CuO3. The van der Waals surface area contributed by atoms with Gasteiger partial charge in [0.05, 0.1) is 0 Å². The first-order valence-corrected chi connectivity index (χ1v) is 3.02. The van der Waals surface area contributed by atoms with E-state index in [1.807, 2.05) is 18.2 Å². The molecule has 0 N–H and O–H groups in total. The van der Waals surface area contributed by atoms with Crippen LogP contribution in [-0.4, -0.2) is 6.16 Å². The van der Waals surface area contributed by atoms with Crippen molar-refractivity contribution in [3.8, 4) is 0 Å². The Bertz CT molecular complexity index is 207. The Hall–Kier alpha value is -0.991. The van der Waals surface area contributed by atoms with Crippen LogP contribution in [0.3, 0.4) is 0 Å². The van der Waals surface area contributed by atoms with Crippen LogP contribution in [0.15, 0.2) is 30.3 Å². The van der Waals surface area contributed by atoms with Crippen molar-refractivity contribution < 1.29 is 32.1 Å². The van der Waals surface area contributed by atoms with Gasteiger partial charge in [-0.15, -0.1) is 0 Å². The molecule has 0 aliphatic rings. The molecular weight excluding hydrogens is 208 g/mol. The zero-order valence-electron chi connectivity index (χ0n) is 6.41. The summed E-state index contributed by atoms with van der Waals surface area (Å²) in [7, 11) is 0. The molecule has 1 rings (SSSR count). The van der Waals surface area contributed by atoms with Gasteiger partial charge < -0.3 is 15.0 Å². The second-order valence-corrected chi connectivity index (χ2v) is 1.90. The molecule has 69 valence electrons. The van der Waals surface area contributed by atoms with Crippen LogP contribution in [0.5, 0.6) is 0 Å². The van der Waals surface area contributed by atoms with Crippen molar-refractivity contribution in [1.29, 1.82) is 0 Å². The Morgan fingerprint density at radius 2 is 1.50 bits per heavy atom. The van der Waals surface area contributed by atoms with E-state index in [1.165, 1.54) is 5.56 Å². The SMILES string of the molecule is Cc1ccccc1.O=C([O-])[O-].[Cu+2]. The number of hydrogen-bond donors (Lipinski definition) is 0. The Balaban J connectivity index is 0. The van der Waals surface area contributed by atoms with Crippen molar-refractivity contribution in [2.45, 2.75) is 6.92 Å². The van der Waals surface area contributed by atoms with E-state index in [-0.39, 0.29) is 17.1 Å². The van der Waals surface area contributed by atoms with E-state index in [2.05, 4.69) is 19.1 Å². The number of rotatable bonds is 0. The van der Waals surface area contributed by atoms with Crippen LogP contribution in [0.25, 0.3) is 0 Å². The van der Waals surface area contributed by atoms with E-state index in [1.54, 1.807) is 0 Å². The summed E-state index contributed by atoms with van der Waals surface area (Å²) in [6, 6.07) is 10.3. The molecule has 1 aromatic rings. The average Bonchev–Trinajstić information content (AvgIpc) is 1.87. The number of benzene rings is 1. The summed E-state index contributed by atoms with van der Waals surface area (Å²) in [5, 5.41) is 16.7. The fourth-order valence-electron chi connectivity index (χ4n) is 0.534. The molecule has 0 spiro atoms. The first-order chi connectivity index (χ1) is 5.13. The van der Waals surface area contributed by atoms with E-state index < -0.39 is 6.16 Å². The predicted octanol–water partition coefficient (Wildman–Crippen LogP) is -0.454. The van der Waals surface area contributed by atoms with E-state index in [4.69, 9.17) is 15.0 Å². The Morgan fingerprint density at radius 1 is 1.17 bits per heavy atom. The van der Waals surface area contributed by atoms with Gasteiger partial charge in [0.25, 0.3) is 0 Å². The second-order valence-electron chi connectivity index (χ2n) is 1.90. The van der Waals surface area contributed by atoms with Gasteiger partial charge >= 0.3 is 17.1 Å². The van der Waals surface area contributed by atoms with Gasteiger partial charge in [-0.1, -0.05) is 35.9 Å². The molecule has 4 heteroatoms. The van der Waals surface area contributed by atoms with E-state index >= 15 is 0 Å². The number of carboxylic acid groups (broad SMARTS) is 2. The Kier molecular flexibility index (Phi) is 9.18. The summed E-state index contributed by atoms with van der Waals surface area (Å²) >= 11 is 0. The van der Waals surface area contributed by atoms with Crippen LogP contribution in [-0.2, 0) is 17.1 Å². The van der Waals surface area contributed by atoms with Gasteiger partial charge in [-0.2, -0.15) is 0 Å². The topological polar surface area (TPSA) is 63.2 Å². The molecule has 0 aromatic heterocycles. The van der Waals surface area contributed by atoms with Gasteiger partial charge in [0.15, 0.2) is 0 Å². The maximum atomic E-state index is 8.33. The van der Waals surface area contributed by atoms with Crippen LogP contribution < -0.4 is 10.2 Å². The van der Waals surface area contributed by atoms with Crippen molar-refractivity contribution in [2.75, 3.05) is 0 Å². The van der Waals surface area contributed by atoms with Crippen LogP contribution >= 0.6 is 0 Å². The van der Waals surface area contributed by atoms with Crippen molar-refractivity contribution >= 4 is 6.16 Å². The van der Waals surface area contributed by atoms with Crippen molar-refractivity contribution in [1.82, 2.24) is 0 Å². The van der Waals surface area contributed by atoms with Crippen molar-refractivity contribution in [2.24, 2.45) is 0 Å². The Labute approximate surface area is 81.5 Å². The number of carbonyl (C=O) groups is 1. The normalized spacial score (nSPS) is 7.08. The first kappa shape index (κ1) is 13.6. The molecule has 0 atom stereocenters. The molecule has 0 amide bonds. The summed E-state index contributed by atoms with van der Waals surface area (Å²) in [4.78, 5) is 8.33. The second kappa shape index (κ2) is 8.11. The van der Waals surface area contributed by atoms with Crippen molar-refractivity contribution in [3.63, 3.8) is 0 Å². The molecule has 0 heterocycles. The zero-order chi connectivity index (χ0) is 8.69. The summed E-state index contributed by atoms with van der Waals surface area (Å²) in [6.45, 7) is 2.08. The van der Waals surface area contributed by atoms with E-state index in [0.29, 0.717) is 0 Å². The molecule has 0 aliphatic heterocycles. The standard InChI is InChI=1S/C7H8.CH2O3.Cu/c1-7-5-3-2-4-6-7;2-1(3)4;/h2-6H,1H3;(H2,2,3,4);/q;;+2/p-2. The van der Waals surface area contributed by atoms with Crippen LogP contribution in [0.2, 0.25) is 0 Å². The molecule has 0 unspecified atom stereocenters. The van der Waals surface area contributed by atoms with E-state index in [9.17, 15) is 0 Å². The number of aryl methyl sites for hydroxylation is 1. The van der Waals surface area contributed by atoms with E-state index in [0.717, 1.165) is 0 Å². The quantitative estimate of drug-likeness (QED) is 0.551. The van der Waals surface area contributed by atoms with Gasteiger partial charge in [-0.3, -0.25) is 0 Å². The van der Waals surface area contributed by atoms with Crippen molar-refractivity contribution in [3.05, 3.63) is 35.9 Å². The van der Waals surface area contributed by atoms with Crippen LogP contribution in [0, 0.1) is 6.92 Å². The minimum absolute atomic E-state index is 0. The third kappa shape index (κ3) is 11.8. The smallest absolute Gasteiger partial charge is 0.652 e. The predicted molar refractivity (Wildman–Crippen MR) is 36.6 cm³/mol. The zero-order valence-corrected chi connectivity index (χ0v) is 7.35. The largest absolute Gasteiger partial charge is 2.00 e. The molecule has 12 heavy (non-hydrogen) atoms. The maximum Gasteiger partial charge on any atom is 2.00 e. The third-order valence-corrected chi connectivity index (χ3v) is 0.940. The fraction of sp³-hybridized carbons (Fsp3) is 0.125.